The van der Waals surface area contributed by atoms with Crippen molar-refractivity contribution < 1.29 is 14.0 Å². The maximum Gasteiger partial charge on any atom is 0.328 e. The van der Waals surface area contributed by atoms with Crippen LogP contribution < -0.4 is 0 Å². The van der Waals surface area contributed by atoms with Gasteiger partial charge in [0.15, 0.2) is 18.8 Å². The smallest absolute Gasteiger partial charge is 0.328 e. The predicted octanol–water partition coefficient (Wildman–Crippen LogP) is -0.332. The van der Waals surface area contributed by atoms with E-state index in [1.165, 1.54) is 0 Å². The molecule has 0 amide bonds. The van der Waals surface area contributed by atoms with Gasteiger partial charge in [-0.05, 0) is 13.1 Å². The van der Waals surface area contributed by atoms with E-state index in [4.69, 9.17) is 9.22 Å². The standard InChI is InChI=1S/C5H12O3Si2/c1-4(5(6)7)9-8-10(2)3/h10H,1,9H2,2-3H3,(H,6,7). The Hall–Kier alpha value is -0.396. The van der Waals surface area contributed by atoms with Gasteiger partial charge in [0.2, 0.25) is 0 Å². The Balaban J connectivity index is 3.50. The van der Waals surface area contributed by atoms with Crippen molar-refractivity contribution in [1.29, 1.82) is 0 Å². The highest BCUT2D eigenvalue weighted by molar-refractivity contribution is 6.61. The molecular formula is C5H12O3Si2. The molecule has 0 bridgehead atoms. The van der Waals surface area contributed by atoms with Gasteiger partial charge in [-0.3, -0.25) is 0 Å². The van der Waals surface area contributed by atoms with Crippen molar-refractivity contribution in [3.05, 3.63) is 11.8 Å². The van der Waals surface area contributed by atoms with Gasteiger partial charge in [-0.15, -0.1) is 0 Å². The fourth-order valence-electron chi connectivity index (χ4n) is 0.329. The van der Waals surface area contributed by atoms with Crippen LogP contribution in [-0.2, 0) is 8.91 Å². The van der Waals surface area contributed by atoms with Gasteiger partial charge in [-0.25, -0.2) is 4.79 Å². The Morgan fingerprint density at radius 2 is 2.20 bits per heavy atom. The predicted molar refractivity (Wildman–Crippen MR) is 45.3 cm³/mol. The molecule has 0 radical (unpaired) electrons. The van der Waals surface area contributed by atoms with Gasteiger partial charge in [0.25, 0.3) is 0 Å². The molecular weight excluding hydrogens is 164 g/mol. The lowest BCUT2D eigenvalue weighted by Crippen LogP contribution is -2.17. The van der Waals surface area contributed by atoms with Crippen LogP contribution in [0.15, 0.2) is 11.8 Å². The zero-order chi connectivity index (χ0) is 8.15. The van der Waals surface area contributed by atoms with E-state index in [0.29, 0.717) is 0 Å². The topological polar surface area (TPSA) is 46.5 Å². The Morgan fingerprint density at radius 1 is 1.70 bits per heavy atom. The maximum atomic E-state index is 10.2. The van der Waals surface area contributed by atoms with Crippen molar-refractivity contribution in [1.82, 2.24) is 0 Å². The fraction of sp³-hybridized carbons (Fsp3) is 0.400. The third-order valence-corrected chi connectivity index (χ3v) is 4.88. The summed E-state index contributed by atoms with van der Waals surface area (Å²) in [6.07, 6.45) is 0. The summed E-state index contributed by atoms with van der Waals surface area (Å²) < 4.78 is 5.26. The van der Waals surface area contributed by atoms with Crippen molar-refractivity contribution in [2.75, 3.05) is 0 Å². The van der Waals surface area contributed by atoms with Gasteiger partial charge in [-0.1, -0.05) is 6.58 Å². The second kappa shape index (κ2) is 4.42. The number of carboxylic acids is 1. The first-order valence-electron chi connectivity index (χ1n) is 3.06. The first-order valence-corrected chi connectivity index (χ1v) is 7.13. The highest BCUT2D eigenvalue weighted by Gasteiger charge is 2.05. The van der Waals surface area contributed by atoms with Gasteiger partial charge >= 0.3 is 5.97 Å². The molecule has 5 heteroatoms. The average molecular weight is 176 g/mol. The molecule has 0 spiro atoms. The molecule has 58 valence electrons. The number of rotatable bonds is 4. The lowest BCUT2D eigenvalue weighted by Gasteiger charge is -2.04. The highest BCUT2D eigenvalue weighted by Crippen LogP contribution is 1.90. The summed E-state index contributed by atoms with van der Waals surface area (Å²) in [5.41, 5.74) is 0. The number of carbonyl (C=O) groups is 1. The monoisotopic (exact) mass is 176 g/mol. The molecule has 0 aromatic heterocycles. The van der Waals surface area contributed by atoms with Crippen LogP contribution >= 0.6 is 0 Å². The van der Waals surface area contributed by atoms with E-state index < -0.39 is 24.8 Å². The zero-order valence-corrected chi connectivity index (χ0v) is 8.82. The molecule has 0 aliphatic rings. The van der Waals surface area contributed by atoms with Crippen molar-refractivity contribution in [2.45, 2.75) is 13.1 Å². The van der Waals surface area contributed by atoms with Gasteiger partial charge in [0.05, 0.1) is 0 Å². The van der Waals surface area contributed by atoms with Gasteiger partial charge in [-0.2, -0.15) is 0 Å². The summed E-state index contributed by atoms with van der Waals surface area (Å²) in [6.45, 7) is 7.42. The van der Waals surface area contributed by atoms with E-state index in [-0.39, 0.29) is 5.20 Å². The van der Waals surface area contributed by atoms with Crippen LogP contribution in [0, 0.1) is 0 Å². The summed E-state index contributed by atoms with van der Waals surface area (Å²) in [6, 6.07) is 0. The Labute approximate surface area is 64.4 Å². The molecule has 0 fully saturated rings. The summed E-state index contributed by atoms with van der Waals surface area (Å²) >= 11 is 0. The van der Waals surface area contributed by atoms with E-state index in [0.717, 1.165) is 0 Å². The molecule has 3 nitrogen and oxygen atoms in total. The van der Waals surface area contributed by atoms with Gasteiger partial charge in [0, 0.05) is 5.20 Å². The highest BCUT2D eigenvalue weighted by atomic mass is 28.3. The minimum Gasteiger partial charge on any atom is -0.478 e. The summed E-state index contributed by atoms with van der Waals surface area (Å²) in [4.78, 5) is 10.2. The molecule has 0 aliphatic heterocycles. The molecule has 1 N–H and O–H groups in total. The molecule has 0 aliphatic carbocycles. The summed E-state index contributed by atoms with van der Waals surface area (Å²) in [7, 11) is -2.02. The Kier molecular flexibility index (Phi) is 4.25. The Morgan fingerprint density at radius 3 is 2.50 bits per heavy atom. The molecule has 0 saturated carbocycles. The van der Waals surface area contributed by atoms with Crippen LogP contribution in [-0.4, -0.2) is 29.9 Å². The van der Waals surface area contributed by atoms with E-state index in [1.54, 1.807) is 0 Å². The Bertz CT molecular complexity index is 144. The van der Waals surface area contributed by atoms with E-state index in [2.05, 4.69) is 6.58 Å². The van der Waals surface area contributed by atoms with Crippen LogP contribution in [0.1, 0.15) is 0 Å². The maximum absolute atomic E-state index is 10.2. The second-order valence-electron chi connectivity index (χ2n) is 2.27. The quantitative estimate of drug-likeness (QED) is 0.471. The SMILES string of the molecule is C=C([SiH2]O[SiH](C)C)C(=O)O. The van der Waals surface area contributed by atoms with Crippen LogP contribution in [0.5, 0.6) is 0 Å². The number of hydrogen-bond donors (Lipinski definition) is 1. The van der Waals surface area contributed by atoms with E-state index in [1.807, 2.05) is 13.1 Å². The molecule has 0 aromatic rings. The number of aliphatic carboxylic acids is 1. The summed E-state index contributed by atoms with van der Waals surface area (Å²) in [5.74, 6) is -0.915. The van der Waals surface area contributed by atoms with E-state index >= 15 is 0 Å². The van der Waals surface area contributed by atoms with Gasteiger partial charge < -0.3 is 9.22 Å². The van der Waals surface area contributed by atoms with Crippen LogP contribution in [0.3, 0.4) is 0 Å². The molecule has 0 atom stereocenters. The van der Waals surface area contributed by atoms with Crippen LogP contribution in [0.4, 0.5) is 0 Å². The first kappa shape index (κ1) is 9.60. The minimum atomic E-state index is -1.03. The molecule has 0 aromatic carbocycles. The number of hydrogen-bond acceptors (Lipinski definition) is 2. The van der Waals surface area contributed by atoms with Crippen molar-refractivity contribution >= 4 is 24.8 Å². The summed E-state index contributed by atoms with van der Waals surface area (Å²) in [5, 5.41) is 8.63. The normalized spacial score (nSPS) is 11.1. The lowest BCUT2D eigenvalue weighted by atomic mass is 10.7. The molecule has 0 saturated heterocycles. The van der Waals surface area contributed by atoms with Crippen LogP contribution in [0.2, 0.25) is 13.1 Å². The first-order chi connectivity index (χ1) is 4.54. The molecule has 0 heterocycles. The molecule has 10 heavy (non-hydrogen) atoms. The number of carboxylic acid groups (broad SMARTS) is 1. The molecule has 0 rings (SSSR count). The zero-order valence-electron chi connectivity index (χ0n) is 6.26. The van der Waals surface area contributed by atoms with Crippen LogP contribution in [0.25, 0.3) is 0 Å². The lowest BCUT2D eigenvalue weighted by molar-refractivity contribution is -0.131. The minimum absolute atomic E-state index is 0.265. The average Bonchev–Trinajstić information content (AvgIpc) is 1.82. The largest absolute Gasteiger partial charge is 0.478 e. The third-order valence-electron chi connectivity index (χ3n) is 0.893. The van der Waals surface area contributed by atoms with Gasteiger partial charge in [0.1, 0.15) is 0 Å². The van der Waals surface area contributed by atoms with Crippen molar-refractivity contribution in [3.63, 3.8) is 0 Å². The van der Waals surface area contributed by atoms with Crippen molar-refractivity contribution in [2.24, 2.45) is 0 Å². The van der Waals surface area contributed by atoms with Crippen molar-refractivity contribution in [3.8, 4) is 0 Å². The molecule has 0 unspecified atom stereocenters. The third kappa shape index (κ3) is 4.48. The fourth-order valence-corrected chi connectivity index (χ4v) is 2.59. The van der Waals surface area contributed by atoms with E-state index in [9.17, 15) is 4.79 Å². The second-order valence-corrected chi connectivity index (χ2v) is 6.84.